The van der Waals surface area contributed by atoms with E-state index in [1.807, 2.05) is 12.1 Å². The number of hydrogen-bond acceptors (Lipinski definition) is 2. The molecule has 2 heteroatoms. The molecule has 0 fully saturated rings. The van der Waals surface area contributed by atoms with Crippen molar-refractivity contribution in [1.29, 1.82) is 0 Å². The lowest BCUT2D eigenvalue weighted by Crippen LogP contribution is -2.49. The molecule has 0 bridgehead atoms. The Labute approximate surface area is 98.6 Å². The van der Waals surface area contributed by atoms with Crippen LogP contribution >= 0.6 is 0 Å². The average molecular weight is 218 g/mol. The van der Waals surface area contributed by atoms with Crippen LogP contribution in [0, 0.1) is 0 Å². The molecule has 1 unspecified atom stereocenters. The van der Waals surface area contributed by atoms with E-state index < -0.39 is 0 Å². The van der Waals surface area contributed by atoms with Gasteiger partial charge >= 0.3 is 0 Å². The molecule has 0 saturated heterocycles. The van der Waals surface area contributed by atoms with Crippen molar-refractivity contribution in [3.05, 3.63) is 48.6 Å². The molecule has 0 aliphatic heterocycles. The van der Waals surface area contributed by atoms with E-state index in [0.717, 1.165) is 19.4 Å². The van der Waals surface area contributed by atoms with Gasteiger partial charge in [-0.3, -0.25) is 0 Å². The van der Waals surface area contributed by atoms with Gasteiger partial charge in [0.1, 0.15) is 0 Å². The first-order chi connectivity index (χ1) is 7.70. The zero-order chi connectivity index (χ0) is 11.9. The fraction of sp³-hybridized carbons (Fsp3) is 0.429. The van der Waals surface area contributed by atoms with Crippen LogP contribution in [0.25, 0.3) is 0 Å². The van der Waals surface area contributed by atoms with Crippen molar-refractivity contribution in [2.75, 3.05) is 13.1 Å². The molecule has 2 nitrogen and oxygen atoms in total. The molecular weight excluding hydrogens is 196 g/mol. The van der Waals surface area contributed by atoms with Crippen LogP contribution in [0.5, 0.6) is 0 Å². The smallest absolute Gasteiger partial charge is 0.0281 e. The van der Waals surface area contributed by atoms with Gasteiger partial charge in [-0.2, -0.15) is 0 Å². The van der Waals surface area contributed by atoms with Crippen molar-refractivity contribution in [3.8, 4) is 0 Å². The fourth-order valence-corrected chi connectivity index (χ4v) is 1.65. The Hall–Kier alpha value is -1.12. The molecule has 0 amide bonds. The van der Waals surface area contributed by atoms with Gasteiger partial charge in [0.25, 0.3) is 0 Å². The molecule has 1 aromatic carbocycles. The van der Waals surface area contributed by atoms with Gasteiger partial charge in [0.2, 0.25) is 0 Å². The average Bonchev–Trinajstić information content (AvgIpc) is 2.35. The number of aryl methyl sites for hydroxylation is 1. The van der Waals surface area contributed by atoms with Crippen LogP contribution in [-0.4, -0.2) is 18.6 Å². The van der Waals surface area contributed by atoms with Gasteiger partial charge in [0.05, 0.1) is 0 Å². The Morgan fingerprint density at radius 1 is 1.38 bits per heavy atom. The first-order valence-electron chi connectivity index (χ1n) is 5.80. The Kier molecular flexibility index (Phi) is 5.23. The number of nitrogens with one attached hydrogen (secondary N) is 1. The standard InChI is InChI=1S/C14H22N2/c1-3-11-16-14(2,12-15)10-9-13-7-5-4-6-8-13/h3-8,16H,1,9-12,15H2,2H3. The van der Waals surface area contributed by atoms with Gasteiger partial charge in [-0.15, -0.1) is 6.58 Å². The summed E-state index contributed by atoms with van der Waals surface area (Å²) in [5, 5.41) is 3.42. The zero-order valence-corrected chi connectivity index (χ0v) is 10.1. The van der Waals surface area contributed by atoms with Crippen LogP contribution in [-0.2, 0) is 6.42 Å². The third-order valence-corrected chi connectivity index (χ3v) is 2.93. The summed E-state index contributed by atoms with van der Waals surface area (Å²) in [6.07, 6.45) is 3.97. The molecule has 16 heavy (non-hydrogen) atoms. The van der Waals surface area contributed by atoms with Crippen molar-refractivity contribution in [1.82, 2.24) is 5.32 Å². The molecule has 0 spiro atoms. The van der Waals surface area contributed by atoms with Crippen LogP contribution in [0.15, 0.2) is 43.0 Å². The molecule has 0 radical (unpaired) electrons. The molecule has 0 aliphatic rings. The van der Waals surface area contributed by atoms with Gasteiger partial charge < -0.3 is 11.1 Å². The third kappa shape index (κ3) is 4.17. The summed E-state index contributed by atoms with van der Waals surface area (Å²) in [4.78, 5) is 0. The van der Waals surface area contributed by atoms with E-state index in [1.165, 1.54) is 5.56 Å². The maximum atomic E-state index is 5.82. The molecule has 3 N–H and O–H groups in total. The second-order valence-corrected chi connectivity index (χ2v) is 4.42. The lowest BCUT2D eigenvalue weighted by molar-refractivity contribution is 0.354. The highest BCUT2D eigenvalue weighted by Gasteiger charge is 2.20. The highest BCUT2D eigenvalue weighted by atomic mass is 15.0. The van der Waals surface area contributed by atoms with Crippen LogP contribution in [0.1, 0.15) is 18.9 Å². The largest absolute Gasteiger partial charge is 0.329 e. The summed E-state index contributed by atoms with van der Waals surface area (Å²) >= 11 is 0. The predicted octanol–water partition coefficient (Wildman–Crippen LogP) is 2.11. The highest BCUT2D eigenvalue weighted by Crippen LogP contribution is 2.12. The third-order valence-electron chi connectivity index (χ3n) is 2.93. The Morgan fingerprint density at radius 3 is 2.62 bits per heavy atom. The number of nitrogens with two attached hydrogens (primary N) is 1. The van der Waals surface area contributed by atoms with Crippen LogP contribution in [0.2, 0.25) is 0 Å². The molecule has 1 rings (SSSR count). The van der Waals surface area contributed by atoms with Gasteiger partial charge in [0.15, 0.2) is 0 Å². The van der Waals surface area contributed by atoms with Crippen molar-refractivity contribution in [3.63, 3.8) is 0 Å². The van der Waals surface area contributed by atoms with E-state index in [4.69, 9.17) is 5.73 Å². The molecule has 1 atom stereocenters. The topological polar surface area (TPSA) is 38.0 Å². The van der Waals surface area contributed by atoms with Crippen molar-refractivity contribution < 1.29 is 0 Å². The van der Waals surface area contributed by atoms with Crippen LogP contribution in [0.3, 0.4) is 0 Å². The maximum absolute atomic E-state index is 5.82. The van der Waals surface area contributed by atoms with E-state index in [0.29, 0.717) is 6.54 Å². The summed E-state index contributed by atoms with van der Waals surface area (Å²) < 4.78 is 0. The molecule has 88 valence electrons. The Bertz CT molecular complexity index is 308. The summed E-state index contributed by atoms with van der Waals surface area (Å²) in [7, 11) is 0. The van der Waals surface area contributed by atoms with E-state index in [1.54, 1.807) is 0 Å². The monoisotopic (exact) mass is 218 g/mol. The molecule has 0 aromatic heterocycles. The normalized spacial score (nSPS) is 14.4. The molecule has 0 heterocycles. The molecule has 1 aromatic rings. The quantitative estimate of drug-likeness (QED) is 0.688. The molecular formula is C14H22N2. The van der Waals surface area contributed by atoms with Gasteiger partial charge in [-0.1, -0.05) is 36.4 Å². The van der Waals surface area contributed by atoms with Crippen LogP contribution < -0.4 is 11.1 Å². The SMILES string of the molecule is C=CCNC(C)(CN)CCc1ccccc1. The second kappa shape index (κ2) is 6.46. The van der Waals surface area contributed by atoms with Gasteiger partial charge in [-0.05, 0) is 25.3 Å². The minimum atomic E-state index is 0.00400. The van der Waals surface area contributed by atoms with E-state index in [9.17, 15) is 0 Å². The maximum Gasteiger partial charge on any atom is 0.0281 e. The Balaban J connectivity index is 2.47. The predicted molar refractivity (Wildman–Crippen MR) is 70.4 cm³/mol. The highest BCUT2D eigenvalue weighted by molar-refractivity contribution is 5.15. The molecule has 0 aliphatic carbocycles. The number of rotatable bonds is 7. The lowest BCUT2D eigenvalue weighted by atomic mass is 9.93. The van der Waals surface area contributed by atoms with E-state index >= 15 is 0 Å². The fourth-order valence-electron chi connectivity index (χ4n) is 1.65. The lowest BCUT2D eigenvalue weighted by Gasteiger charge is -2.29. The van der Waals surface area contributed by atoms with Gasteiger partial charge in [-0.25, -0.2) is 0 Å². The second-order valence-electron chi connectivity index (χ2n) is 4.42. The minimum Gasteiger partial charge on any atom is -0.329 e. The van der Waals surface area contributed by atoms with E-state index in [-0.39, 0.29) is 5.54 Å². The van der Waals surface area contributed by atoms with Crippen LogP contribution in [0.4, 0.5) is 0 Å². The summed E-state index contributed by atoms with van der Waals surface area (Å²) in [5.41, 5.74) is 7.18. The summed E-state index contributed by atoms with van der Waals surface area (Å²) in [5.74, 6) is 0. The summed E-state index contributed by atoms with van der Waals surface area (Å²) in [6, 6.07) is 10.5. The zero-order valence-electron chi connectivity index (χ0n) is 10.1. The first kappa shape index (κ1) is 12.9. The van der Waals surface area contributed by atoms with Crippen molar-refractivity contribution in [2.45, 2.75) is 25.3 Å². The van der Waals surface area contributed by atoms with E-state index in [2.05, 4.69) is 43.1 Å². The molecule has 0 saturated carbocycles. The first-order valence-corrected chi connectivity index (χ1v) is 5.80. The van der Waals surface area contributed by atoms with Crippen molar-refractivity contribution in [2.24, 2.45) is 5.73 Å². The van der Waals surface area contributed by atoms with Gasteiger partial charge in [0, 0.05) is 18.6 Å². The minimum absolute atomic E-state index is 0.00400. The van der Waals surface area contributed by atoms with Crippen molar-refractivity contribution >= 4 is 0 Å². The Morgan fingerprint density at radius 2 is 2.06 bits per heavy atom. The number of hydrogen-bond donors (Lipinski definition) is 2. The number of benzene rings is 1. The summed E-state index contributed by atoms with van der Waals surface area (Å²) in [6.45, 7) is 7.33.